The smallest absolute Gasteiger partial charge is 0.338 e. The number of nitrogen functional groups attached to an aromatic ring is 1. The summed E-state index contributed by atoms with van der Waals surface area (Å²) in [6.45, 7) is 1.80. The number of carbonyl (C=O) groups excluding carboxylic acids is 1. The number of nitrogens with two attached hydrogens (primary N) is 1. The third kappa shape index (κ3) is 1.53. The third-order valence-corrected chi connectivity index (χ3v) is 1.59. The fourth-order valence-electron chi connectivity index (χ4n) is 0.967. The van der Waals surface area contributed by atoms with Crippen molar-refractivity contribution in [1.82, 2.24) is 0 Å². The summed E-state index contributed by atoms with van der Waals surface area (Å²) in [6, 6.07) is 1.63. The topological polar surface area (TPSA) is 56.2 Å². The molecular formula is C8H11N2O2+. The molecule has 4 heteroatoms. The van der Waals surface area contributed by atoms with Crippen molar-refractivity contribution in [3.8, 4) is 0 Å². The molecule has 0 radical (unpaired) electrons. The van der Waals surface area contributed by atoms with Crippen molar-refractivity contribution in [1.29, 1.82) is 0 Å². The molecule has 64 valence electrons. The summed E-state index contributed by atoms with van der Waals surface area (Å²) in [5.41, 5.74) is 1.34. The van der Waals surface area contributed by atoms with Crippen molar-refractivity contribution < 1.29 is 14.2 Å². The third-order valence-electron chi connectivity index (χ3n) is 1.59. The predicted octanol–water partition coefficient (Wildman–Crippen LogP) is -0.217. The van der Waals surface area contributed by atoms with Gasteiger partial charge in [-0.05, 0) is 6.92 Å². The van der Waals surface area contributed by atoms with Crippen LogP contribution >= 0.6 is 0 Å². The largest absolute Gasteiger partial charge is 0.465 e. The van der Waals surface area contributed by atoms with E-state index in [1.165, 1.54) is 11.8 Å². The minimum atomic E-state index is -0.340. The zero-order valence-corrected chi connectivity index (χ0v) is 7.07. The minimum Gasteiger partial charge on any atom is -0.465 e. The van der Waals surface area contributed by atoms with Crippen LogP contribution < -0.4 is 10.5 Å². The molecule has 0 saturated carbocycles. The second-order valence-electron chi connectivity index (χ2n) is 2.48. The molecule has 0 aliphatic carbocycles. The van der Waals surface area contributed by atoms with Crippen LogP contribution in [0.5, 0.6) is 0 Å². The molecule has 0 spiro atoms. The van der Waals surface area contributed by atoms with Crippen LogP contribution in [-0.4, -0.2) is 13.1 Å². The van der Waals surface area contributed by atoms with Gasteiger partial charge in [-0.2, -0.15) is 0 Å². The second-order valence-corrected chi connectivity index (χ2v) is 2.48. The predicted molar refractivity (Wildman–Crippen MR) is 42.9 cm³/mol. The van der Waals surface area contributed by atoms with Gasteiger partial charge in [0.15, 0.2) is 6.20 Å². The summed E-state index contributed by atoms with van der Waals surface area (Å²) in [6.07, 6.45) is 3.26. The van der Waals surface area contributed by atoms with Crippen LogP contribution in [0.2, 0.25) is 0 Å². The molecule has 0 aromatic carbocycles. The number of pyridine rings is 1. The fourth-order valence-corrected chi connectivity index (χ4v) is 0.967. The maximum atomic E-state index is 11.1. The normalized spacial score (nSPS) is 9.50. The van der Waals surface area contributed by atoms with Gasteiger partial charge in [0.25, 0.3) is 0 Å². The summed E-state index contributed by atoms with van der Waals surface area (Å²) >= 11 is 0. The van der Waals surface area contributed by atoms with Gasteiger partial charge in [-0.3, -0.25) is 0 Å². The number of ether oxygens (including phenoxy) is 1. The van der Waals surface area contributed by atoms with E-state index in [4.69, 9.17) is 5.84 Å². The van der Waals surface area contributed by atoms with Gasteiger partial charge in [0.2, 0.25) is 6.20 Å². The first kappa shape index (κ1) is 8.52. The Kier molecular flexibility index (Phi) is 2.28. The molecule has 0 amide bonds. The monoisotopic (exact) mass is 167 g/mol. The van der Waals surface area contributed by atoms with E-state index in [9.17, 15) is 4.79 Å². The maximum Gasteiger partial charge on any atom is 0.338 e. The number of hydrogen-bond acceptors (Lipinski definition) is 3. The number of nitrogens with zero attached hydrogens (tertiary/aromatic N) is 1. The van der Waals surface area contributed by atoms with E-state index in [1.807, 2.05) is 0 Å². The Labute approximate surface area is 70.5 Å². The molecule has 1 aromatic rings. The van der Waals surface area contributed by atoms with E-state index in [2.05, 4.69) is 4.74 Å². The summed E-state index contributed by atoms with van der Waals surface area (Å²) < 4.78 is 5.96. The van der Waals surface area contributed by atoms with Gasteiger partial charge in [-0.15, -0.1) is 0 Å². The first-order valence-electron chi connectivity index (χ1n) is 3.50. The van der Waals surface area contributed by atoms with Crippen LogP contribution in [0, 0.1) is 6.92 Å². The van der Waals surface area contributed by atoms with Crippen molar-refractivity contribution in [3.05, 3.63) is 29.6 Å². The van der Waals surface area contributed by atoms with Crippen LogP contribution in [0.25, 0.3) is 0 Å². The SMILES string of the molecule is COC(=O)c1cc[n+](N)cc1C. The molecule has 0 saturated heterocycles. The molecular weight excluding hydrogens is 156 g/mol. The van der Waals surface area contributed by atoms with Crippen LogP contribution in [0.15, 0.2) is 18.5 Å². The average Bonchev–Trinajstić information content (AvgIpc) is 2.03. The summed E-state index contributed by atoms with van der Waals surface area (Å²) in [5, 5.41) is 0. The second kappa shape index (κ2) is 3.21. The molecule has 1 aromatic heterocycles. The standard InChI is InChI=1S/C8H10N2O2/c1-6-5-10(9)4-3-7(6)8(11)12-2/h3-5H,1-2H3,(H-,9,11)/p+1. The van der Waals surface area contributed by atoms with Gasteiger partial charge in [-0.1, -0.05) is 4.68 Å². The highest BCUT2D eigenvalue weighted by Crippen LogP contribution is 2.04. The highest BCUT2D eigenvalue weighted by Gasteiger charge is 2.11. The molecule has 0 unspecified atom stereocenters. The Bertz CT molecular complexity index is 310. The maximum absolute atomic E-state index is 11.1. The number of aryl methyl sites for hydroxylation is 1. The first-order chi connectivity index (χ1) is 5.65. The molecule has 1 heterocycles. The summed E-state index contributed by atoms with van der Waals surface area (Å²) in [7, 11) is 1.35. The summed E-state index contributed by atoms with van der Waals surface area (Å²) in [5.74, 6) is 5.09. The minimum absolute atomic E-state index is 0.340. The zero-order chi connectivity index (χ0) is 9.14. The first-order valence-corrected chi connectivity index (χ1v) is 3.50. The van der Waals surface area contributed by atoms with Crippen LogP contribution in [-0.2, 0) is 4.74 Å². The molecule has 12 heavy (non-hydrogen) atoms. The Morgan fingerprint density at radius 2 is 2.33 bits per heavy atom. The Morgan fingerprint density at radius 3 is 2.83 bits per heavy atom. The number of methoxy groups -OCH3 is 1. The molecule has 0 atom stereocenters. The molecule has 0 bridgehead atoms. The lowest BCUT2D eigenvalue weighted by atomic mass is 10.2. The van der Waals surface area contributed by atoms with E-state index < -0.39 is 0 Å². The van der Waals surface area contributed by atoms with Gasteiger partial charge in [0.1, 0.15) is 0 Å². The van der Waals surface area contributed by atoms with Crippen LogP contribution in [0.3, 0.4) is 0 Å². The van der Waals surface area contributed by atoms with E-state index >= 15 is 0 Å². The molecule has 1 rings (SSSR count). The highest BCUT2D eigenvalue weighted by molar-refractivity contribution is 5.90. The molecule has 2 N–H and O–H groups in total. The molecule has 0 fully saturated rings. The van der Waals surface area contributed by atoms with Gasteiger partial charge >= 0.3 is 5.97 Å². The van der Waals surface area contributed by atoms with Crippen molar-refractivity contribution in [2.45, 2.75) is 6.92 Å². The van der Waals surface area contributed by atoms with E-state index in [0.717, 1.165) is 5.56 Å². The number of rotatable bonds is 1. The van der Waals surface area contributed by atoms with Crippen molar-refractivity contribution in [3.63, 3.8) is 0 Å². The van der Waals surface area contributed by atoms with E-state index in [1.54, 1.807) is 25.4 Å². The van der Waals surface area contributed by atoms with Crippen LogP contribution in [0.4, 0.5) is 0 Å². The number of aromatic nitrogens is 1. The van der Waals surface area contributed by atoms with Gasteiger partial charge in [-0.25, -0.2) is 10.6 Å². The number of hydrogen-bond donors (Lipinski definition) is 1. The van der Waals surface area contributed by atoms with E-state index in [0.29, 0.717) is 5.56 Å². The quantitative estimate of drug-likeness (QED) is 0.357. The Balaban J connectivity index is 3.09. The molecule has 4 nitrogen and oxygen atoms in total. The summed E-state index contributed by atoms with van der Waals surface area (Å²) in [4.78, 5) is 11.1. The number of esters is 1. The van der Waals surface area contributed by atoms with Crippen molar-refractivity contribution in [2.24, 2.45) is 0 Å². The van der Waals surface area contributed by atoms with Gasteiger partial charge in [0.05, 0.1) is 12.7 Å². The van der Waals surface area contributed by atoms with Crippen LogP contribution in [0.1, 0.15) is 15.9 Å². The lowest BCUT2D eigenvalue weighted by Crippen LogP contribution is -2.44. The lowest BCUT2D eigenvalue weighted by molar-refractivity contribution is -0.639. The van der Waals surface area contributed by atoms with Gasteiger partial charge in [0, 0.05) is 11.6 Å². The van der Waals surface area contributed by atoms with Crippen molar-refractivity contribution >= 4 is 5.97 Å². The number of carbonyl (C=O) groups is 1. The Morgan fingerprint density at radius 1 is 1.67 bits per heavy atom. The van der Waals surface area contributed by atoms with Crippen molar-refractivity contribution in [2.75, 3.05) is 13.0 Å². The molecule has 0 aliphatic rings. The Hall–Kier alpha value is -1.58. The molecule has 0 aliphatic heterocycles. The van der Waals surface area contributed by atoms with Gasteiger partial charge < -0.3 is 4.74 Å². The average molecular weight is 167 g/mol. The van der Waals surface area contributed by atoms with E-state index in [-0.39, 0.29) is 5.97 Å². The zero-order valence-electron chi connectivity index (χ0n) is 7.07. The highest BCUT2D eigenvalue weighted by atomic mass is 16.5. The lowest BCUT2D eigenvalue weighted by Gasteiger charge is -1.99. The fraction of sp³-hybridized carbons (Fsp3) is 0.250.